The molecule has 124 valence electrons. The minimum Gasteiger partial charge on any atom is -0.354 e. The molecule has 1 aromatic rings. The van der Waals surface area contributed by atoms with Crippen LogP contribution in [0.3, 0.4) is 0 Å². The van der Waals surface area contributed by atoms with Crippen molar-refractivity contribution in [1.29, 1.82) is 0 Å². The van der Waals surface area contributed by atoms with Crippen LogP contribution in [0, 0.1) is 0 Å². The Kier molecular flexibility index (Phi) is 6.87. The Labute approximate surface area is 133 Å². The normalized spacial score (nSPS) is 11.5. The van der Waals surface area contributed by atoms with Gasteiger partial charge in [0.2, 0.25) is 15.9 Å². The van der Waals surface area contributed by atoms with Gasteiger partial charge in [-0.3, -0.25) is 9.10 Å². The molecule has 0 aliphatic carbocycles. The van der Waals surface area contributed by atoms with Crippen molar-refractivity contribution in [2.75, 3.05) is 23.7 Å². The van der Waals surface area contributed by atoms with Gasteiger partial charge in [0, 0.05) is 13.0 Å². The molecular formula is C16H26N2O3S. The summed E-state index contributed by atoms with van der Waals surface area (Å²) in [7, 11) is -3.38. The van der Waals surface area contributed by atoms with E-state index in [9.17, 15) is 13.2 Å². The van der Waals surface area contributed by atoms with E-state index in [1.54, 1.807) is 0 Å². The second kappa shape index (κ2) is 8.17. The zero-order valence-corrected chi connectivity index (χ0v) is 14.6. The Bertz CT molecular complexity index is 580. The Morgan fingerprint density at radius 2 is 1.82 bits per heavy atom. The zero-order chi connectivity index (χ0) is 16.8. The van der Waals surface area contributed by atoms with Crippen molar-refractivity contribution in [2.24, 2.45) is 0 Å². The van der Waals surface area contributed by atoms with E-state index in [0.29, 0.717) is 24.6 Å². The lowest BCUT2D eigenvalue weighted by molar-refractivity contribution is -0.121. The fourth-order valence-corrected chi connectivity index (χ4v) is 3.05. The molecule has 0 aromatic heterocycles. The number of anilines is 1. The molecule has 0 aliphatic heterocycles. The van der Waals surface area contributed by atoms with Crippen molar-refractivity contribution in [1.82, 2.24) is 5.32 Å². The van der Waals surface area contributed by atoms with Crippen LogP contribution in [0.2, 0.25) is 0 Å². The molecule has 22 heavy (non-hydrogen) atoms. The predicted molar refractivity (Wildman–Crippen MR) is 90.6 cm³/mol. The van der Waals surface area contributed by atoms with Crippen LogP contribution in [0.1, 0.15) is 45.1 Å². The molecule has 1 aromatic carbocycles. The Hall–Kier alpha value is -1.56. The highest BCUT2D eigenvalue weighted by Crippen LogP contribution is 2.21. The second-order valence-corrected chi connectivity index (χ2v) is 7.59. The van der Waals surface area contributed by atoms with E-state index >= 15 is 0 Å². The van der Waals surface area contributed by atoms with E-state index in [-0.39, 0.29) is 12.5 Å². The Balaban J connectivity index is 2.79. The summed E-state index contributed by atoms with van der Waals surface area (Å²) in [5, 5.41) is 2.74. The van der Waals surface area contributed by atoms with E-state index in [1.807, 2.05) is 31.2 Å². The molecule has 0 unspecified atom stereocenters. The van der Waals surface area contributed by atoms with Crippen molar-refractivity contribution in [3.05, 3.63) is 29.8 Å². The topological polar surface area (TPSA) is 66.5 Å². The summed E-state index contributed by atoms with van der Waals surface area (Å²) in [6.07, 6.45) is 2.41. The highest BCUT2D eigenvalue weighted by Gasteiger charge is 2.17. The lowest BCUT2D eigenvalue weighted by atomic mass is 10.0. The molecule has 0 atom stereocenters. The molecule has 1 N–H and O–H groups in total. The van der Waals surface area contributed by atoms with Crippen molar-refractivity contribution < 1.29 is 13.2 Å². The first-order chi connectivity index (χ1) is 10.3. The van der Waals surface area contributed by atoms with Crippen LogP contribution in [0.15, 0.2) is 24.3 Å². The number of sulfonamides is 1. The van der Waals surface area contributed by atoms with Gasteiger partial charge in [0.05, 0.1) is 18.5 Å². The number of nitrogens with zero attached hydrogens (tertiary/aromatic N) is 1. The molecule has 0 fully saturated rings. The molecular weight excluding hydrogens is 300 g/mol. The average molecular weight is 326 g/mol. The van der Waals surface area contributed by atoms with Crippen LogP contribution >= 0.6 is 0 Å². The van der Waals surface area contributed by atoms with Crippen molar-refractivity contribution >= 4 is 21.6 Å². The molecule has 0 heterocycles. The highest BCUT2D eigenvalue weighted by molar-refractivity contribution is 7.92. The van der Waals surface area contributed by atoms with Crippen molar-refractivity contribution in [3.63, 3.8) is 0 Å². The van der Waals surface area contributed by atoms with Crippen molar-refractivity contribution in [2.45, 2.75) is 39.5 Å². The predicted octanol–water partition coefficient (Wildman–Crippen LogP) is 2.49. The van der Waals surface area contributed by atoms with Crippen molar-refractivity contribution in [3.8, 4) is 0 Å². The van der Waals surface area contributed by atoms with Crippen LogP contribution in [-0.4, -0.2) is 33.7 Å². The SMILES string of the molecule is CCCC(=O)NCCN(c1ccc(C(C)C)cc1)S(C)(=O)=O. The fraction of sp³-hybridized carbons (Fsp3) is 0.562. The Morgan fingerprint density at radius 1 is 1.23 bits per heavy atom. The molecule has 0 saturated carbocycles. The Morgan fingerprint density at radius 3 is 2.27 bits per heavy atom. The third-order valence-electron chi connectivity index (χ3n) is 3.36. The maximum absolute atomic E-state index is 12.0. The number of benzene rings is 1. The first kappa shape index (κ1) is 18.5. The number of nitrogens with one attached hydrogen (secondary N) is 1. The summed E-state index contributed by atoms with van der Waals surface area (Å²) in [4.78, 5) is 11.5. The van der Waals surface area contributed by atoms with Gasteiger partial charge in [-0.25, -0.2) is 8.42 Å². The van der Waals surface area contributed by atoms with Gasteiger partial charge in [-0.1, -0.05) is 32.9 Å². The number of carbonyl (C=O) groups is 1. The maximum Gasteiger partial charge on any atom is 0.232 e. The van der Waals surface area contributed by atoms with Crippen LogP contribution in [0.4, 0.5) is 5.69 Å². The van der Waals surface area contributed by atoms with E-state index in [1.165, 1.54) is 10.6 Å². The van der Waals surface area contributed by atoms with Crippen LogP contribution in [0.25, 0.3) is 0 Å². The first-order valence-electron chi connectivity index (χ1n) is 7.60. The van der Waals surface area contributed by atoms with Gasteiger partial charge in [0.15, 0.2) is 0 Å². The molecule has 5 nitrogen and oxygen atoms in total. The van der Waals surface area contributed by atoms with Gasteiger partial charge in [-0.05, 0) is 30.0 Å². The molecule has 0 bridgehead atoms. The first-order valence-corrected chi connectivity index (χ1v) is 9.45. The van der Waals surface area contributed by atoms with Crippen LogP contribution in [0.5, 0.6) is 0 Å². The molecule has 0 radical (unpaired) electrons. The maximum atomic E-state index is 12.0. The average Bonchev–Trinajstić information content (AvgIpc) is 2.42. The third kappa shape index (κ3) is 5.67. The minimum atomic E-state index is -3.38. The lowest BCUT2D eigenvalue weighted by Crippen LogP contribution is -2.38. The smallest absolute Gasteiger partial charge is 0.232 e. The number of hydrogen-bond acceptors (Lipinski definition) is 3. The minimum absolute atomic E-state index is 0.0499. The molecule has 0 aliphatic rings. The fourth-order valence-electron chi connectivity index (χ4n) is 2.12. The number of rotatable bonds is 8. The molecule has 1 rings (SSSR count). The van der Waals surface area contributed by atoms with Gasteiger partial charge in [-0.15, -0.1) is 0 Å². The molecule has 6 heteroatoms. The van der Waals surface area contributed by atoms with Gasteiger partial charge in [0.25, 0.3) is 0 Å². The van der Waals surface area contributed by atoms with Crippen LogP contribution < -0.4 is 9.62 Å². The summed E-state index contributed by atoms with van der Waals surface area (Å²) in [6, 6.07) is 7.50. The van der Waals surface area contributed by atoms with E-state index < -0.39 is 10.0 Å². The number of amides is 1. The lowest BCUT2D eigenvalue weighted by Gasteiger charge is -2.23. The van der Waals surface area contributed by atoms with Gasteiger partial charge in [0.1, 0.15) is 0 Å². The van der Waals surface area contributed by atoms with Crippen LogP contribution in [-0.2, 0) is 14.8 Å². The standard InChI is InChI=1S/C16H26N2O3S/c1-5-6-16(19)17-11-12-18(22(4,20)21)15-9-7-14(8-10-15)13(2)3/h7-10,13H,5-6,11-12H2,1-4H3,(H,17,19). The summed E-state index contributed by atoms with van der Waals surface area (Å²) in [5.74, 6) is 0.347. The zero-order valence-electron chi connectivity index (χ0n) is 13.8. The van der Waals surface area contributed by atoms with E-state index in [4.69, 9.17) is 0 Å². The molecule has 0 spiro atoms. The summed E-state index contributed by atoms with van der Waals surface area (Å²) in [6.45, 7) is 6.64. The quantitative estimate of drug-likeness (QED) is 0.798. The van der Waals surface area contributed by atoms with Gasteiger partial charge < -0.3 is 5.32 Å². The molecule has 1 amide bonds. The largest absolute Gasteiger partial charge is 0.354 e. The van der Waals surface area contributed by atoms with Gasteiger partial charge in [-0.2, -0.15) is 0 Å². The van der Waals surface area contributed by atoms with E-state index in [0.717, 1.165) is 12.0 Å². The highest BCUT2D eigenvalue weighted by atomic mass is 32.2. The summed E-state index contributed by atoms with van der Waals surface area (Å²) in [5.41, 5.74) is 1.78. The van der Waals surface area contributed by atoms with E-state index in [2.05, 4.69) is 19.2 Å². The molecule has 0 saturated heterocycles. The summed E-state index contributed by atoms with van der Waals surface area (Å²) < 4.78 is 25.3. The monoisotopic (exact) mass is 326 g/mol. The van der Waals surface area contributed by atoms with Gasteiger partial charge >= 0.3 is 0 Å². The number of carbonyl (C=O) groups excluding carboxylic acids is 1. The summed E-state index contributed by atoms with van der Waals surface area (Å²) >= 11 is 0. The third-order valence-corrected chi connectivity index (χ3v) is 4.56. The number of hydrogen-bond donors (Lipinski definition) is 1. The second-order valence-electron chi connectivity index (χ2n) is 5.68.